The summed E-state index contributed by atoms with van der Waals surface area (Å²) in [6, 6.07) is 3.73. The second-order valence-electron chi connectivity index (χ2n) is 3.86. The summed E-state index contributed by atoms with van der Waals surface area (Å²) in [4.78, 5) is 10.9. The minimum Gasteiger partial charge on any atom is -0.347 e. The molecule has 0 bridgehead atoms. The van der Waals surface area contributed by atoms with Gasteiger partial charge in [-0.1, -0.05) is 6.07 Å². The Bertz CT molecular complexity index is 393. The first-order valence-electron chi connectivity index (χ1n) is 4.78. The maximum atomic E-state index is 13.4. The lowest BCUT2D eigenvalue weighted by atomic mass is 10.0. The molecule has 0 radical (unpaired) electrons. The SMILES string of the molecule is CC(=O)NC1(c2c(F)cccc2F)CC1. The zero-order chi connectivity index (χ0) is 11.1. The molecular formula is C11H11F2NO. The molecule has 15 heavy (non-hydrogen) atoms. The summed E-state index contributed by atoms with van der Waals surface area (Å²) in [6.07, 6.45) is 1.18. The van der Waals surface area contributed by atoms with Crippen molar-refractivity contribution in [2.24, 2.45) is 0 Å². The third-order valence-electron chi connectivity index (χ3n) is 2.61. The van der Waals surface area contributed by atoms with Gasteiger partial charge in [0, 0.05) is 12.5 Å². The fourth-order valence-corrected chi connectivity index (χ4v) is 1.85. The van der Waals surface area contributed by atoms with E-state index in [9.17, 15) is 13.6 Å². The van der Waals surface area contributed by atoms with Gasteiger partial charge in [-0.2, -0.15) is 0 Å². The molecule has 0 saturated heterocycles. The minimum absolute atomic E-state index is 0.0137. The van der Waals surface area contributed by atoms with Gasteiger partial charge in [-0.15, -0.1) is 0 Å². The molecule has 0 aromatic heterocycles. The van der Waals surface area contributed by atoms with Gasteiger partial charge >= 0.3 is 0 Å². The highest BCUT2D eigenvalue weighted by Crippen LogP contribution is 2.47. The Morgan fingerprint density at radius 3 is 2.27 bits per heavy atom. The smallest absolute Gasteiger partial charge is 0.217 e. The number of benzene rings is 1. The van der Waals surface area contributed by atoms with Crippen LogP contribution in [0.4, 0.5) is 8.78 Å². The summed E-state index contributed by atoms with van der Waals surface area (Å²) in [5, 5.41) is 2.61. The van der Waals surface area contributed by atoms with E-state index in [1.54, 1.807) is 0 Å². The Balaban J connectivity index is 2.41. The van der Waals surface area contributed by atoms with Crippen molar-refractivity contribution in [2.75, 3.05) is 0 Å². The van der Waals surface area contributed by atoms with Crippen LogP contribution in [0.2, 0.25) is 0 Å². The number of rotatable bonds is 2. The normalized spacial score (nSPS) is 17.3. The van der Waals surface area contributed by atoms with E-state index in [1.165, 1.54) is 25.1 Å². The summed E-state index contributed by atoms with van der Waals surface area (Å²) in [6.45, 7) is 1.35. The molecule has 4 heteroatoms. The van der Waals surface area contributed by atoms with Gasteiger partial charge in [0.15, 0.2) is 0 Å². The first-order valence-corrected chi connectivity index (χ1v) is 4.78. The van der Waals surface area contributed by atoms with Crippen LogP contribution in [0.25, 0.3) is 0 Å². The van der Waals surface area contributed by atoms with Gasteiger partial charge in [0.2, 0.25) is 5.91 Å². The van der Waals surface area contributed by atoms with Crippen molar-refractivity contribution in [3.05, 3.63) is 35.4 Å². The first-order chi connectivity index (χ1) is 7.05. The van der Waals surface area contributed by atoms with Gasteiger partial charge in [-0.05, 0) is 25.0 Å². The monoisotopic (exact) mass is 211 g/mol. The number of halogens is 2. The molecule has 1 N–H and O–H groups in total. The summed E-state index contributed by atoms with van der Waals surface area (Å²) in [5.41, 5.74) is -0.818. The predicted octanol–water partition coefficient (Wildman–Crippen LogP) is 2.09. The maximum Gasteiger partial charge on any atom is 0.217 e. The molecule has 2 rings (SSSR count). The summed E-state index contributed by atoms with van der Waals surface area (Å²) >= 11 is 0. The lowest BCUT2D eigenvalue weighted by Gasteiger charge is -2.17. The quantitative estimate of drug-likeness (QED) is 0.797. The zero-order valence-electron chi connectivity index (χ0n) is 8.31. The molecule has 2 nitrogen and oxygen atoms in total. The summed E-state index contributed by atoms with van der Waals surface area (Å²) in [7, 11) is 0. The number of carbonyl (C=O) groups excluding carboxylic acids is 1. The Hall–Kier alpha value is -1.45. The van der Waals surface area contributed by atoms with Crippen LogP contribution in [0.3, 0.4) is 0 Å². The highest BCUT2D eigenvalue weighted by atomic mass is 19.1. The van der Waals surface area contributed by atoms with E-state index < -0.39 is 17.2 Å². The molecule has 1 fully saturated rings. The molecule has 1 aliphatic carbocycles. The molecule has 1 aromatic carbocycles. The van der Waals surface area contributed by atoms with Crippen LogP contribution in [0.5, 0.6) is 0 Å². The molecule has 1 amide bonds. The van der Waals surface area contributed by atoms with Crippen LogP contribution in [0.15, 0.2) is 18.2 Å². The molecular weight excluding hydrogens is 200 g/mol. The van der Waals surface area contributed by atoms with Crippen LogP contribution in [-0.2, 0) is 10.3 Å². The average Bonchev–Trinajstić information content (AvgIpc) is 2.83. The molecule has 1 saturated carbocycles. The van der Waals surface area contributed by atoms with Crippen molar-refractivity contribution in [1.82, 2.24) is 5.32 Å². The molecule has 0 atom stereocenters. The van der Waals surface area contributed by atoms with Crippen LogP contribution >= 0.6 is 0 Å². The van der Waals surface area contributed by atoms with Crippen molar-refractivity contribution >= 4 is 5.91 Å². The van der Waals surface area contributed by atoms with Crippen LogP contribution < -0.4 is 5.32 Å². The summed E-state index contributed by atoms with van der Waals surface area (Å²) < 4.78 is 26.9. The van der Waals surface area contributed by atoms with Crippen molar-refractivity contribution in [2.45, 2.75) is 25.3 Å². The van der Waals surface area contributed by atoms with Gasteiger partial charge < -0.3 is 5.32 Å². The Labute approximate surface area is 86.3 Å². The van der Waals surface area contributed by atoms with Crippen molar-refractivity contribution < 1.29 is 13.6 Å². The van der Waals surface area contributed by atoms with E-state index in [0.29, 0.717) is 12.8 Å². The van der Waals surface area contributed by atoms with Crippen LogP contribution in [-0.4, -0.2) is 5.91 Å². The van der Waals surface area contributed by atoms with Gasteiger partial charge in [-0.3, -0.25) is 4.79 Å². The second-order valence-corrected chi connectivity index (χ2v) is 3.86. The number of hydrogen-bond donors (Lipinski definition) is 1. The third kappa shape index (κ3) is 1.71. The van der Waals surface area contributed by atoms with Gasteiger partial charge in [0.05, 0.1) is 5.54 Å². The standard InChI is InChI=1S/C11H11F2NO/c1-7(15)14-11(5-6-11)10-8(12)3-2-4-9(10)13/h2-4H,5-6H2,1H3,(H,14,15). The highest BCUT2D eigenvalue weighted by Gasteiger charge is 2.48. The average molecular weight is 211 g/mol. The topological polar surface area (TPSA) is 29.1 Å². The van der Waals surface area contributed by atoms with E-state index in [0.717, 1.165) is 0 Å². The molecule has 0 heterocycles. The fraction of sp³-hybridized carbons (Fsp3) is 0.364. The lowest BCUT2D eigenvalue weighted by Crippen LogP contribution is -2.34. The van der Waals surface area contributed by atoms with Gasteiger partial charge in [-0.25, -0.2) is 8.78 Å². The molecule has 1 aromatic rings. The first kappa shape index (κ1) is 10.1. The van der Waals surface area contributed by atoms with Crippen LogP contribution in [0.1, 0.15) is 25.3 Å². The predicted molar refractivity (Wildman–Crippen MR) is 51.1 cm³/mol. The largest absolute Gasteiger partial charge is 0.347 e. The second kappa shape index (κ2) is 3.29. The lowest BCUT2D eigenvalue weighted by molar-refractivity contribution is -0.120. The van der Waals surface area contributed by atoms with Crippen molar-refractivity contribution in [3.63, 3.8) is 0 Å². The Morgan fingerprint density at radius 1 is 1.33 bits per heavy atom. The maximum absolute atomic E-state index is 13.4. The van der Waals surface area contributed by atoms with Gasteiger partial charge in [0.1, 0.15) is 11.6 Å². The number of nitrogens with one attached hydrogen (secondary N) is 1. The fourth-order valence-electron chi connectivity index (χ4n) is 1.85. The van der Waals surface area contributed by atoms with E-state index >= 15 is 0 Å². The van der Waals surface area contributed by atoms with Crippen molar-refractivity contribution in [1.29, 1.82) is 0 Å². The van der Waals surface area contributed by atoms with E-state index in [-0.39, 0.29) is 11.5 Å². The van der Waals surface area contributed by atoms with Crippen LogP contribution in [0, 0.1) is 11.6 Å². The van der Waals surface area contributed by atoms with E-state index in [4.69, 9.17) is 0 Å². The zero-order valence-corrected chi connectivity index (χ0v) is 8.31. The Kier molecular flexibility index (Phi) is 2.21. The Morgan fingerprint density at radius 2 is 1.87 bits per heavy atom. The number of hydrogen-bond acceptors (Lipinski definition) is 1. The van der Waals surface area contributed by atoms with Crippen molar-refractivity contribution in [3.8, 4) is 0 Å². The van der Waals surface area contributed by atoms with E-state index in [2.05, 4.69) is 5.32 Å². The van der Waals surface area contributed by atoms with E-state index in [1.807, 2.05) is 0 Å². The molecule has 0 aliphatic heterocycles. The highest BCUT2D eigenvalue weighted by molar-refractivity contribution is 5.74. The molecule has 1 aliphatic rings. The number of amides is 1. The molecule has 80 valence electrons. The molecule has 0 spiro atoms. The third-order valence-corrected chi connectivity index (χ3v) is 2.61. The summed E-state index contributed by atoms with van der Waals surface area (Å²) in [5.74, 6) is -1.46. The van der Waals surface area contributed by atoms with Gasteiger partial charge in [0.25, 0.3) is 0 Å². The number of carbonyl (C=O) groups is 1. The minimum atomic E-state index is -0.804. The molecule has 0 unspecified atom stereocenters.